The van der Waals surface area contributed by atoms with Gasteiger partial charge in [0.1, 0.15) is 5.82 Å². The fourth-order valence-corrected chi connectivity index (χ4v) is 3.31. The van der Waals surface area contributed by atoms with Crippen LogP contribution in [0.3, 0.4) is 0 Å². The van der Waals surface area contributed by atoms with Gasteiger partial charge in [-0.1, -0.05) is 17.8 Å². The van der Waals surface area contributed by atoms with E-state index in [-0.39, 0.29) is 11.7 Å². The summed E-state index contributed by atoms with van der Waals surface area (Å²) in [7, 11) is 0. The molecule has 0 radical (unpaired) electrons. The van der Waals surface area contributed by atoms with Gasteiger partial charge in [-0.05, 0) is 18.8 Å². The molecule has 1 amide bonds. The van der Waals surface area contributed by atoms with Crippen molar-refractivity contribution < 1.29 is 4.79 Å². The van der Waals surface area contributed by atoms with Crippen molar-refractivity contribution in [1.29, 1.82) is 0 Å². The molecular formula is C10H14N4OS2. The molecular weight excluding hydrogens is 256 g/mol. The zero-order valence-corrected chi connectivity index (χ0v) is 11.1. The number of thioether (sulfide) groups is 2. The SMILES string of the molecule is CCn1c(SCC(N)=O)nnc1C1CC=CS1. The van der Waals surface area contributed by atoms with Gasteiger partial charge in [0.25, 0.3) is 0 Å². The summed E-state index contributed by atoms with van der Waals surface area (Å²) in [5.74, 6) is 0.891. The summed E-state index contributed by atoms with van der Waals surface area (Å²) in [6.07, 6.45) is 3.13. The summed E-state index contributed by atoms with van der Waals surface area (Å²) in [5, 5.41) is 11.6. The standard InChI is InChI=1S/C10H14N4OS2/c1-2-14-9(7-4-3-5-16-7)12-13-10(14)17-6-8(11)15/h3,5,7H,2,4,6H2,1H3,(H2,11,15). The third kappa shape index (κ3) is 2.84. The number of rotatable bonds is 5. The van der Waals surface area contributed by atoms with E-state index >= 15 is 0 Å². The summed E-state index contributed by atoms with van der Waals surface area (Å²) < 4.78 is 2.05. The first-order chi connectivity index (χ1) is 8.22. The highest BCUT2D eigenvalue weighted by atomic mass is 32.2. The molecule has 1 aromatic heterocycles. The molecule has 0 aliphatic carbocycles. The molecule has 0 saturated heterocycles. The second kappa shape index (κ2) is 5.59. The van der Waals surface area contributed by atoms with Crippen LogP contribution in [0.5, 0.6) is 0 Å². The smallest absolute Gasteiger partial charge is 0.227 e. The van der Waals surface area contributed by atoms with Gasteiger partial charge in [-0.15, -0.1) is 22.0 Å². The largest absolute Gasteiger partial charge is 0.369 e. The van der Waals surface area contributed by atoms with Crippen LogP contribution in [0.4, 0.5) is 0 Å². The molecule has 0 fully saturated rings. The van der Waals surface area contributed by atoms with Crippen LogP contribution in [0.25, 0.3) is 0 Å². The number of amides is 1. The number of primary amides is 1. The van der Waals surface area contributed by atoms with Gasteiger partial charge in [-0.25, -0.2) is 0 Å². The van der Waals surface area contributed by atoms with Crippen molar-refractivity contribution in [2.24, 2.45) is 5.73 Å². The highest BCUT2D eigenvalue weighted by Gasteiger charge is 2.22. The molecule has 1 unspecified atom stereocenters. The van der Waals surface area contributed by atoms with Crippen LogP contribution in [-0.4, -0.2) is 26.4 Å². The first kappa shape index (κ1) is 12.5. The van der Waals surface area contributed by atoms with Crippen LogP contribution < -0.4 is 5.73 Å². The Labute approximate surface area is 108 Å². The van der Waals surface area contributed by atoms with E-state index in [2.05, 4.69) is 26.2 Å². The van der Waals surface area contributed by atoms with Crippen molar-refractivity contribution in [2.75, 3.05) is 5.75 Å². The van der Waals surface area contributed by atoms with Gasteiger partial charge in [-0.2, -0.15) is 0 Å². The monoisotopic (exact) mass is 270 g/mol. The minimum Gasteiger partial charge on any atom is -0.369 e. The molecule has 1 atom stereocenters. The van der Waals surface area contributed by atoms with Crippen molar-refractivity contribution in [3.8, 4) is 0 Å². The first-order valence-electron chi connectivity index (χ1n) is 5.37. The number of nitrogens with zero attached hydrogens (tertiary/aromatic N) is 3. The van der Waals surface area contributed by atoms with E-state index in [1.165, 1.54) is 11.8 Å². The molecule has 5 nitrogen and oxygen atoms in total. The minimum atomic E-state index is -0.334. The van der Waals surface area contributed by atoms with E-state index in [9.17, 15) is 4.79 Å². The summed E-state index contributed by atoms with van der Waals surface area (Å²) in [6, 6.07) is 0. The molecule has 0 saturated carbocycles. The van der Waals surface area contributed by atoms with Crippen LogP contribution in [0.1, 0.15) is 24.4 Å². The molecule has 2 rings (SSSR count). The second-order valence-electron chi connectivity index (χ2n) is 3.57. The van der Waals surface area contributed by atoms with Crippen molar-refractivity contribution >= 4 is 29.4 Å². The van der Waals surface area contributed by atoms with Gasteiger partial charge in [-0.3, -0.25) is 4.79 Å². The number of carbonyl (C=O) groups excluding carboxylic acids is 1. The van der Waals surface area contributed by atoms with Crippen molar-refractivity contribution in [3.63, 3.8) is 0 Å². The van der Waals surface area contributed by atoms with Crippen molar-refractivity contribution in [1.82, 2.24) is 14.8 Å². The second-order valence-corrected chi connectivity index (χ2v) is 5.63. The zero-order valence-electron chi connectivity index (χ0n) is 9.50. The highest BCUT2D eigenvalue weighted by molar-refractivity contribution is 8.02. The Kier molecular flexibility index (Phi) is 4.11. The number of hydrogen-bond donors (Lipinski definition) is 1. The van der Waals surface area contributed by atoms with E-state index in [4.69, 9.17) is 5.73 Å². The summed E-state index contributed by atoms with van der Waals surface area (Å²) in [4.78, 5) is 10.8. The lowest BCUT2D eigenvalue weighted by Gasteiger charge is -2.10. The predicted octanol–water partition coefficient (Wildman–Crippen LogP) is 1.57. The Morgan fingerprint density at radius 2 is 2.53 bits per heavy atom. The van der Waals surface area contributed by atoms with Gasteiger partial charge in [0.2, 0.25) is 5.91 Å². The normalized spacial score (nSPS) is 18.8. The van der Waals surface area contributed by atoms with Gasteiger partial charge in [0.15, 0.2) is 5.16 Å². The molecule has 92 valence electrons. The molecule has 0 spiro atoms. The lowest BCUT2D eigenvalue weighted by Crippen LogP contribution is -2.14. The van der Waals surface area contributed by atoms with Gasteiger partial charge in [0.05, 0.1) is 11.0 Å². The van der Waals surface area contributed by atoms with Gasteiger partial charge >= 0.3 is 0 Å². The zero-order chi connectivity index (χ0) is 12.3. The average molecular weight is 270 g/mol. The third-order valence-electron chi connectivity index (χ3n) is 2.38. The Bertz CT molecular complexity index is 436. The third-order valence-corrected chi connectivity index (χ3v) is 4.45. The van der Waals surface area contributed by atoms with Crippen LogP contribution in [-0.2, 0) is 11.3 Å². The van der Waals surface area contributed by atoms with Crippen molar-refractivity contribution in [2.45, 2.75) is 30.3 Å². The number of hydrogen-bond acceptors (Lipinski definition) is 5. The number of nitrogens with two attached hydrogens (primary N) is 1. The molecule has 1 aromatic rings. The van der Waals surface area contributed by atoms with E-state index in [1.54, 1.807) is 11.8 Å². The predicted molar refractivity (Wildman–Crippen MR) is 69.7 cm³/mol. The van der Waals surface area contributed by atoms with Gasteiger partial charge < -0.3 is 10.3 Å². The molecule has 0 aromatic carbocycles. The van der Waals surface area contributed by atoms with Crippen molar-refractivity contribution in [3.05, 3.63) is 17.3 Å². The Morgan fingerprint density at radius 1 is 1.71 bits per heavy atom. The van der Waals surface area contributed by atoms with E-state index in [0.29, 0.717) is 5.25 Å². The number of aromatic nitrogens is 3. The maximum Gasteiger partial charge on any atom is 0.227 e. The van der Waals surface area contributed by atoms with Crippen LogP contribution in [0, 0.1) is 0 Å². The fourth-order valence-electron chi connectivity index (χ4n) is 1.63. The summed E-state index contributed by atoms with van der Waals surface area (Å²) >= 11 is 3.10. The van der Waals surface area contributed by atoms with Crippen LogP contribution in [0.2, 0.25) is 0 Å². The molecule has 17 heavy (non-hydrogen) atoms. The van der Waals surface area contributed by atoms with Crippen LogP contribution in [0.15, 0.2) is 16.6 Å². The summed E-state index contributed by atoms with van der Waals surface area (Å²) in [6.45, 7) is 2.86. The molecule has 1 aliphatic heterocycles. The maximum atomic E-state index is 10.8. The van der Waals surface area contributed by atoms with E-state index in [0.717, 1.165) is 23.9 Å². The fraction of sp³-hybridized carbons (Fsp3) is 0.500. The topological polar surface area (TPSA) is 73.8 Å². The Hall–Kier alpha value is -0.950. The quantitative estimate of drug-likeness (QED) is 0.822. The Morgan fingerprint density at radius 3 is 3.12 bits per heavy atom. The van der Waals surface area contributed by atoms with Gasteiger partial charge in [0, 0.05) is 6.54 Å². The number of carbonyl (C=O) groups is 1. The average Bonchev–Trinajstić information content (AvgIpc) is 2.94. The molecule has 2 N–H and O–H groups in total. The lowest BCUT2D eigenvalue weighted by atomic mass is 10.3. The number of allylic oxidation sites excluding steroid dienone is 1. The van der Waals surface area contributed by atoms with Crippen LogP contribution >= 0.6 is 23.5 Å². The summed E-state index contributed by atoms with van der Waals surface area (Å²) in [5.41, 5.74) is 5.13. The molecule has 0 bridgehead atoms. The molecule has 2 heterocycles. The van der Waals surface area contributed by atoms with E-state index in [1.807, 2.05) is 6.92 Å². The lowest BCUT2D eigenvalue weighted by molar-refractivity contribution is -0.115. The minimum absolute atomic E-state index is 0.244. The van der Waals surface area contributed by atoms with E-state index < -0.39 is 0 Å². The maximum absolute atomic E-state index is 10.8. The molecule has 7 heteroatoms. The Balaban J connectivity index is 2.14. The molecule has 1 aliphatic rings. The first-order valence-corrected chi connectivity index (χ1v) is 7.30. The highest BCUT2D eigenvalue weighted by Crippen LogP contribution is 2.38.